The Bertz CT molecular complexity index is 1130. The van der Waals surface area contributed by atoms with E-state index in [0.29, 0.717) is 54.8 Å². The molecule has 2 aliphatic rings. The van der Waals surface area contributed by atoms with Gasteiger partial charge in [0.1, 0.15) is 34.8 Å². The van der Waals surface area contributed by atoms with Crippen molar-refractivity contribution in [2.24, 2.45) is 0 Å². The number of amides is 1. The van der Waals surface area contributed by atoms with Gasteiger partial charge < -0.3 is 28.9 Å². The van der Waals surface area contributed by atoms with Gasteiger partial charge in [-0.25, -0.2) is 9.00 Å². The number of ether oxygens (including phenoxy) is 2. The topological polar surface area (TPSA) is 98.2 Å². The number of anilines is 2. The van der Waals surface area contributed by atoms with Crippen LogP contribution >= 0.6 is 0 Å². The summed E-state index contributed by atoms with van der Waals surface area (Å²) in [5.74, 6) is 1.04. The normalized spacial score (nSPS) is 16.0. The minimum absolute atomic E-state index is 0.323. The monoisotopic (exact) mass is 529 g/mol. The average molecular weight is 530 g/mol. The molecule has 1 atom stereocenters. The number of nitrogens with zero attached hydrogens (tertiary/aromatic N) is 3. The highest BCUT2D eigenvalue weighted by Gasteiger charge is 2.28. The van der Waals surface area contributed by atoms with Gasteiger partial charge >= 0.3 is 6.09 Å². The van der Waals surface area contributed by atoms with Crippen molar-refractivity contribution in [2.75, 3.05) is 56.0 Å². The van der Waals surface area contributed by atoms with E-state index in [0.717, 1.165) is 18.0 Å². The summed E-state index contributed by atoms with van der Waals surface area (Å²) in [6.45, 7) is 12.9. The zero-order chi connectivity index (χ0) is 27.2. The van der Waals surface area contributed by atoms with Gasteiger partial charge in [0.25, 0.3) is 0 Å². The smallest absolute Gasteiger partial charge is 0.410 e. The van der Waals surface area contributed by atoms with E-state index in [1.54, 1.807) is 11.0 Å². The lowest BCUT2D eigenvalue weighted by atomic mass is 10.1. The van der Waals surface area contributed by atoms with Crippen molar-refractivity contribution in [1.82, 2.24) is 9.80 Å². The third-order valence-corrected chi connectivity index (χ3v) is 6.96. The highest BCUT2D eigenvalue weighted by molar-refractivity contribution is 7.86. The maximum atomic E-state index is 13.2. The molecule has 1 fully saturated rings. The van der Waals surface area contributed by atoms with Crippen LogP contribution in [-0.2, 0) is 15.7 Å². The Labute approximate surface area is 222 Å². The fourth-order valence-electron chi connectivity index (χ4n) is 4.00. The third-order valence-electron chi connectivity index (χ3n) is 5.87. The van der Waals surface area contributed by atoms with Crippen LogP contribution in [0, 0.1) is 5.41 Å². The van der Waals surface area contributed by atoms with Crippen LogP contribution in [0.1, 0.15) is 40.2 Å². The summed E-state index contributed by atoms with van der Waals surface area (Å²) in [5.41, 5.74) is 1.70. The number of carbonyl (C=O) groups is 1. The lowest BCUT2D eigenvalue weighted by molar-refractivity contribution is 0.0187. The number of fused-ring (bicyclic) bond motifs is 1. The van der Waals surface area contributed by atoms with Crippen molar-refractivity contribution >= 4 is 34.3 Å². The molecule has 0 saturated carbocycles. The Morgan fingerprint density at radius 2 is 1.68 bits per heavy atom. The molecule has 37 heavy (non-hydrogen) atoms. The second-order valence-corrected chi connectivity index (χ2v) is 10.8. The van der Waals surface area contributed by atoms with Crippen LogP contribution in [0.15, 0.2) is 47.4 Å². The zero-order valence-corrected chi connectivity index (χ0v) is 23.5. The Morgan fingerprint density at radius 3 is 2.35 bits per heavy atom. The fourth-order valence-corrected chi connectivity index (χ4v) is 4.90. The minimum atomic E-state index is -1.53. The number of likely N-dealkylation sites (N-methyl/N-ethyl adjacent to an activating group) is 1. The summed E-state index contributed by atoms with van der Waals surface area (Å²) < 4.78 is 27.4. The molecule has 0 radical (unpaired) electrons. The number of carbonyl (C=O) groups excluding carboxylic acids is 1. The van der Waals surface area contributed by atoms with Crippen molar-refractivity contribution in [3.8, 4) is 5.75 Å². The number of amidine groups is 1. The number of piperazine rings is 1. The largest absolute Gasteiger partial charge is 0.490 e. The molecule has 0 aliphatic carbocycles. The van der Waals surface area contributed by atoms with Gasteiger partial charge in [0, 0.05) is 44.9 Å². The molecule has 0 spiro atoms. The fraction of sp³-hybridized carbons (Fsp3) is 0.481. The number of nitrogens with one attached hydrogen (secondary N) is 2. The third kappa shape index (κ3) is 7.15. The Kier molecular flexibility index (Phi) is 9.42. The van der Waals surface area contributed by atoms with Crippen molar-refractivity contribution in [1.29, 1.82) is 5.41 Å². The van der Waals surface area contributed by atoms with Crippen LogP contribution < -0.4 is 14.4 Å². The summed E-state index contributed by atoms with van der Waals surface area (Å²) in [7, 11) is 0.475. The van der Waals surface area contributed by atoms with E-state index >= 15 is 0 Å². The first-order valence-corrected chi connectivity index (χ1v) is 13.8. The lowest BCUT2D eigenvalue weighted by Crippen LogP contribution is -2.51. The molecule has 2 aliphatic heterocycles. The van der Waals surface area contributed by atoms with Crippen molar-refractivity contribution in [2.45, 2.75) is 45.1 Å². The SMILES string of the molecule is CC.CN1CCOc2cc(S(=O)Nc3ccccc3C(=N)N3CCN(C(=O)OC(C)(C)C)CC3)ccc21. The summed E-state index contributed by atoms with van der Waals surface area (Å²) in [5, 5.41) is 8.80. The standard InChI is InChI=1S/C25H33N5O4S.C2H6/c1-25(2,3)34-24(31)30-13-11-29(12-14-30)23(26)19-7-5-6-8-20(19)27-35(32)18-9-10-21-22(17-18)33-16-15-28(21)4;1-2/h5-10,17,26-27H,11-16H2,1-4H3;1-2H3. The maximum Gasteiger partial charge on any atom is 0.410 e. The number of hydrogen-bond donors (Lipinski definition) is 2. The zero-order valence-electron chi connectivity index (χ0n) is 22.7. The first kappa shape index (κ1) is 28.3. The van der Waals surface area contributed by atoms with E-state index in [-0.39, 0.29) is 6.09 Å². The average Bonchev–Trinajstić information content (AvgIpc) is 2.89. The number of hydrogen-bond acceptors (Lipinski definition) is 6. The molecule has 2 N–H and O–H groups in total. The molecule has 2 aromatic carbocycles. The van der Waals surface area contributed by atoms with Crippen LogP contribution in [0.25, 0.3) is 0 Å². The van der Waals surface area contributed by atoms with Gasteiger partial charge in [0.15, 0.2) is 0 Å². The Balaban J connectivity index is 0.00000186. The molecular formula is C27H39N5O4S. The first-order valence-electron chi connectivity index (χ1n) is 12.7. The molecule has 1 unspecified atom stereocenters. The van der Waals surface area contributed by atoms with E-state index in [1.807, 2.05) is 83.0 Å². The predicted molar refractivity (Wildman–Crippen MR) is 149 cm³/mol. The molecule has 1 saturated heterocycles. The van der Waals surface area contributed by atoms with Crippen LogP contribution in [-0.4, -0.2) is 77.9 Å². The van der Waals surface area contributed by atoms with Gasteiger partial charge in [-0.2, -0.15) is 0 Å². The molecule has 2 heterocycles. The second-order valence-electron chi connectivity index (χ2n) is 9.62. The molecule has 202 valence electrons. The highest BCUT2D eigenvalue weighted by Crippen LogP contribution is 2.33. The molecule has 0 bridgehead atoms. The highest BCUT2D eigenvalue weighted by atomic mass is 32.2. The Hall–Kier alpha value is -3.27. The van der Waals surface area contributed by atoms with E-state index in [1.165, 1.54) is 0 Å². The molecule has 1 amide bonds. The van der Waals surface area contributed by atoms with Crippen LogP contribution in [0.3, 0.4) is 0 Å². The quantitative estimate of drug-likeness (QED) is 0.445. The van der Waals surface area contributed by atoms with Crippen LogP contribution in [0.5, 0.6) is 5.75 Å². The molecular weight excluding hydrogens is 490 g/mol. The summed E-state index contributed by atoms with van der Waals surface area (Å²) in [6, 6.07) is 12.9. The van der Waals surface area contributed by atoms with E-state index in [2.05, 4.69) is 9.62 Å². The number of rotatable bonds is 4. The van der Waals surface area contributed by atoms with Crippen molar-refractivity contribution in [3.05, 3.63) is 48.0 Å². The molecule has 2 aromatic rings. The van der Waals surface area contributed by atoms with Crippen LogP contribution in [0.2, 0.25) is 0 Å². The molecule has 0 aromatic heterocycles. The summed E-state index contributed by atoms with van der Waals surface area (Å²) >= 11 is 0. The van der Waals surface area contributed by atoms with Gasteiger partial charge in [-0.15, -0.1) is 0 Å². The van der Waals surface area contributed by atoms with Crippen LogP contribution in [0.4, 0.5) is 16.2 Å². The van der Waals surface area contributed by atoms with E-state index in [4.69, 9.17) is 14.9 Å². The molecule has 4 rings (SSSR count). The molecule has 10 heteroatoms. The van der Waals surface area contributed by atoms with Gasteiger partial charge in [0.2, 0.25) is 0 Å². The molecule has 9 nitrogen and oxygen atoms in total. The van der Waals surface area contributed by atoms with Gasteiger partial charge in [-0.3, -0.25) is 5.41 Å². The summed E-state index contributed by atoms with van der Waals surface area (Å²) in [4.78, 5) is 18.7. The van der Waals surface area contributed by atoms with Gasteiger partial charge in [-0.05, 0) is 45.0 Å². The maximum absolute atomic E-state index is 13.2. The summed E-state index contributed by atoms with van der Waals surface area (Å²) in [6.07, 6.45) is -0.332. The first-order chi connectivity index (χ1) is 17.6. The minimum Gasteiger partial charge on any atom is -0.490 e. The number of para-hydroxylation sites is 1. The predicted octanol–water partition coefficient (Wildman–Crippen LogP) is 4.55. The van der Waals surface area contributed by atoms with E-state index < -0.39 is 16.6 Å². The van der Waals surface area contributed by atoms with Gasteiger partial charge in [-0.1, -0.05) is 26.0 Å². The number of benzene rings is 2. The lowest BCUT2D eigenvalue weighted by Gasteiger charge is -2.37. The van der Waals surface area contributed by atoms with Crippen molar-refractivity contribution in [3.63, 3.8) is 0 Å². The second kappa shape index (κ2) is 12.3. The van der Waals surface area contributed by atoms with Gasteiger partial charge in [0.05, 0.1) is 22.8 Å². The van der Waals surface area contributed by atoms with E-state index in [9.17, 15) is 9.00 Å². The van der Waals surface area contributed by atoms with Crippen molar-refractivity contribution < 1.29 is 18.5 Å². The Morgan fingerprint density at radius 1 is 1.03 bits per heavy atom.